The molecule has 1 fully saturated rings. The SMILES string of the molecule is Cc1cc(Nc2ncn(-c3ccccc3)n2)cc(N2CCCN(C)CC2)c1.[HH]. The van der Waals surface area contributed by atoms with Crippen LogP contribution in [0.4, 0.5) is 17.3 Å². The molecule has 0 amide bonds. The van der Waals surface area contributed by atoms with Crippen molar-refractivity contribution in [2.75, 3.05) is 43.4 Å². The molecule has 2 heterocycles. The zero-order chi connectivity index (χ0) is 18.6. The molecule has 3 aromatic rings. The minimum Gasteiger partial charge on any atom is -0.370 e. The van der Waals surface area contributed by atoms with Crippen molar-refractivity contribution in [3.05, 3.63) is 60.4 Å². The molecule has 1 N–H and O–H groups in total. The summed E-state index contributed by atoms with van der Waals surface area (Å²) in [6, 6.07) is 16.6. The Morgan fingerprint density at radius 2 is 1.81 bits per heavy atom. The molecule has 0 unspecified atom stereocenters. The largest absolute Gasteiger partial charge is 0.370 e. The monoisotopic (exact) mass is 364 g/mol. The van der Waals surface area contributed by atoms with Crippen molar-refractivity contribution in [1.29, 1.82) is 0 Å². The molecule has 1 aliphatic heterocycles. The number of benzene rings is 2. The van der Waals surface area contributed by atoms with Gasteiger partial charge in [0, 0.05) is 32.4 Å². The van der Waals surface area contributed by atoms with Gasteiger partial charge in [-0.1, -0.05) is 18.2 Å². The summed E-state index contributed by atoms with van der Waals surface area (Å²) in [5, 5.41) is 7.91. The van der Waals surface area contributed by atoms with Crippen LogP contribution >= 0.6 is 0 Å². The number of anilines is 3. The third-order valence-electron chi connectivity index (χ3n) is 4.92. The minimum absolute atomic E-state index is 0. The molecule has 4 rings (SSSR count). The number of nitrogens with zero attached hydrogens (tertiary/aromatic N) is 5. The van der Waals surface area contributed by atoms with Crippen molar-refractivity contribution in [3.8, 4) is 5.69 Å². The van der Waals surface area contributed by atoms with Crippen LogP contribution in [0.25, 0.3) is 5.69 Å². The van der Waals surface area contributed by atoms with E-state index in [9.17, 15) is 0 Å². The fourth-order valence-corrected chi connectivity index (χ4v) is 3.48. The summed E-state index contributed by atoms with van der Waals surface area (Å²) in [6.45, 7) is 6.54. The number of likely N-dealkylation sites (N-methyl/N-ethyl adjacent to an activating group) is 1. The minimum atomic E-state index is 0. The molecule has 0 aliphatic carbocycles. The number of rotatable bonds is 4. The molecule has 0 saturated carbocycles. The lowest BCUT2D eigenvalue weighted by atomic mass is 10.1. The second-order valence-electron chi connectivity index (χ2n) is 7.17. The standard InChI is InChI=1S/C21H26N6.H2/c1-17-13-18(15-20(14-17)26-10-6-9-25(2)11-12-26)23-21-22-16-27(24-21)19-7-4-3-5-8-19;/h3-5,7-8,13-16H,6,9-12H2,1-2H3,(H,23,24);1H. The molecule has 142 valence electrons. The van der Waals surface area contributed by atoms with E-state index >= 15 is 0 Å². The van der Waals surface area contributed by atoms with Crippen LogP contribution in [-0.4, -0.2) is 52.9 Å². The Balaban J connectivity index is 0.00000225. The summed E-state index contributed by atoms with van der Waals surface area (Å²) in [5.41, 5.74) is 4.51. The lowest BCUT2D eigenvalue weighted by molar-refractivity contribution is 0.360. The van der Waals surface area contributed by atoms with Crippen LogP contribution in [0.1, 0.15) is 13.4 Å². The van der Waals surface area contributed by atoms with E-state index in [1.54, 1.807) is 11.0 Å². The van der Waals surface area contributed by atoms with Gasteiger partial charge in [-0.2, -0.15) is 4.98 Å². The summed E-state index contributed by atoms with van der Waals surface area (Å²) < 4.78 is 1.78. The number of hydrogen-bond acceptors (Lipinski definition) is 5. The van der Waals surface area contributed by atoms with E-state index in [1.165, 1.54) is 17.7 Å². The molecule has 6 heteroatoms. The number of para-hydroxylation sites is 1. The normalized spacial score (nSPS) is 15.6. The first-order valence-electron chi connectivity index (χ1n) is 9.47. The maximum absolute atomic E-state index is 4.55. The lowest BCUT2D eigenvalue weighted by Gasteiger charge is -2.24. The van der Waals surface area contributed by atoms with Crippen LogP contribution in [-0.2, 0) is 0 Å². The van der Waals surface area contributed by atoms with Crippen molar-refractivity contribution in [3.63, 3.8) is 0 Å². The van der Waals surface area contributed by atoms with E-state index in [4.69, 9.17) is 0 Å². The molecule has 1 aromatic heterocycles. The number of aryl methyl sites for hydroxylation is 1. The van der Waals surface area contributed by atoms with Gasteiger partial charge in [0.2, 0.25) is 5.95 Å². The Bertz CT molecular complexity index is 895. The Labute approximate surface area is 161 Å². The van der Waals surface area contributed by atoms with Gasteiger partial charge in [-0.3, -0.25) is 0 Å². The van der Waals surface area contributed by atoms with Crippen LogP contribution in [0.15, 0.2) is 54.9 Å². The van der Waals surface area contributed by atoms with Crippen molar-refractivity contribution in [1.82, 2.24) is 19.7 Å². The first-order chi connectivity index (χ1) is 13.2. The molecule has 0 bridgehead atoms. The predicted octanol–water partition coefficient (Wildman–Crippen LogP) is 3.71. The summed E-state index contributed by atoms with van der Waals surface area (Å²) in [4.78, 5) is 9.27. The van der Waals surface area contributed by atoms with Gasteiger partial charge in [0.1, 0.15) is 6.33 Å². The first-order valence-corrected chi connectivity index (χ1v) is 9.47. The highest BCUT2D eigenvalue weighted by atomic mass is 15.4. The molecule has 1 aliphatic rings. The van der Waals surface area contributed by atoms with E-state index in [-0.39, 0.29) is 1.43 Å². The first kappa shape index (κ1) is 17.5. The predicted molar refractivity (Wildman–Crippen MR) is 112 cm³/mol. The van der Waals surface area contributed by atoms with E-state index in [1.807, 2.05) is 30.3 Å². The molecule has 1 saturated heterocycles. The van der Waals surface area contributed by atoms with E-state index in [0.29, 0.717) is 5.95 Å². The van der Waals surface area contributed by atoms with Gasteiger partial charge in [0.05, 0.1) is 5.69 Å². The van der Waals surface area contributed by atoms with Gasteiger partial charge in [-0.15, -0.1) is 5.10 Å². The fraction of sp³-hybridized carbons (Fsp3) is 0.333. The average Bonchev–Trinajstić information content (AvgIpc) is 3.02. The van der Waals surface area contributed by atoms with E-state index < -0.39 is 0 Å². The topological polar surface area (TPSA) is 49.2 Å². The van der Waals surface area contributed by atoms with Crippen LogP contribution in [0.5, 0.6) is 0 Å². The highest BCUT2D eigenvalue weighted by Gasteiger charge is 2.14. The number of nitrogens with one attached hydrogen (secondary N) is 1. The van der Waals surface area contributed by atoms with Gasteiger partial charge < -0.3 is 15.1 Å². The molecular weight excluding hydrogens is 336 g/mol. The molecule has 27 heavy (non-hydrogen) atoms. The molecule has 0 atom stereocenters. The molecular formula is C21H28N6. The molecule has 0 spiro atoms. The van der Waals surface area contributed by atoms with Crippen LogP contribution in [0.2, 0.25) is 0 Å². The maximum Gasteiger partial charge on any atom is 0.246 e. The smallest absolute Gasteiger partial charge is 0.246 e. The van der Waals surface area contributed by atoms with Gasteiger partial charge in [0.15, 0.2) is 0 Å². The van der Waals surface area contributed by atoms with Gasteiger partial charge in [-0.25, -0.2) is 4.68 Å². The maximum atomic E-state index is 4.55. The third kappa shape index (κ3) is 4.28. The summed E-state index contributed by atoms with van der Waals surface area (Å²) >= 11 is 0. The van der Waals surface area contributed by atoms with Crippen LogP contribution < -0.4 is 10.2 Å². The fourth-order valence-electron chi connectivity index (χ4n) is 3.48. The summed E-state index contributed by atoms with van der Waals surface area (Å²) in [5.74, 6) is 0.603. The third-order valence-corrected chi connectivity index (χ3v) is 4.92. The van der Waals surface area contributed by atoms with Gasteiger partial charge in [0.25, 0.3) is 0 Å². The lowest BCUT2D eigenvalue weighted by Crippen LogP contribution is -2.28. The molecule has 0 radical (unpaired) electrons. The van der Waals surface area contributed by atoms with Crippen LogP contribution in [0, 0.1) is 6.92 Å². The Kier molecular flexibility index (Phi) is 5.07. The molecule has 2 aromatic carbocycles. The van der Waals surface area contributed by atoms with Gasteiger partial charge in [-0.05, 0) is 62.8 Å². The highest BCUT2D eigenvalue weighted by Crippen LogP contribution is 2.25. The Morgan fingerprint density at radius 1 is 0.963 bits per heavy atom. The van der Waals surface area contributed by atoms with Crippen molar-refractivity contribution >= 4 is 17.3 Å². The van der Waals surface area contributed by atoms with E-state index in [2.05, 4.69) is 57.4 Å². The summed E-state index contributed by atoms with van der Waals surface area (Å²) in [7, 11) is 2.20. The zero-order valence-corrected chi connectivity index (χ0v) is 16.0. The molecule has 6 nitrogen and oxygen atoms in total. The van der Waals surface area contributed by atoms with Crippen LogP contribution in [0.3, 0.4) is 0 Å². The van der Waals surface area contributed by atoms with Crippen molar-refractivity contribution in [2.45, 2.75) is 13.3 Å². The number of hydrogen-bond donors (Lipinski definition) is 1. The van der Waals surface area contributed by atoms with Gasteiger partial charge >= 0.3 is 0 Å². The quantitative estimate of drug-likeness (QED) is 0.765. The second kappa shape index (κ2) is 7.80. The summed E-state index contributed by atoms with van der Waals surface area (Å²) in [6.07, 6.45) is 2.93. The number of aromatic nitrogens is 3. The highest BCUT2D eigenvalue weighted by molar-refractivity contribution is 5.64. The van der Waals surface area contributed by atoms with E-state index in [0.717, 1.165) is 37.6 Å². The zero-order valence-electron chi connectivity index (χ0n) is 16.0. The van der Waals surface area contributed by atoms with Crippen molar-refractivity contribution < 1.29 is 1.43 Å². The Hall–Kier alpha value is -2.86. The Morgan fingerprint density at radius 3 is 2.67 bits per heavy atom. The average molecular weight is 364 g/mol. The second-order valence-corrected chi connectivity index (χ2v) is 7.17. The van der Waals surface area contributed by atoms with Crippen molar-refractivity contribution in [2.24, 2.45) is 0 Å².